The minimum absolute atomic E-state index is 0.540. The minimum Gasteiger partial charge on any atom is -0.503 e. The smallest absolute Gasteiger partial charge is 0.187 e. The first-order valence-electron chi connectivity index (χ1n) is 5.95. The van der Waals surface area contributed by atoms with Crippen molar-refractivity contribution in [1.29, 1.82) is 0 Å². The second kappa shape index (κ2) is 5.00. The molecule has 0 amide bonds. The van der Waals surface area contributed by atoms with E-state index < -0.39 is 17.4 Å². The molecule has 2 rings (SSSR count). The number of hydrogen-bond donors (Lipinski definition) is 1. The number of phenols is 1. The average Bonchev–Trinajstić information content (AvgIpc) is 2.26. The zero-order chi connectivity index (χ0) is 12.4. The van der Waals surface area contributed by atoms with Gasteiger partial charge in [0.25, 0.3) is 0 Å². The highest BCUT2D eigenvalue weighted by atomic mass is 19.1. The fourth-order valence-electron chi connectivity index (χ4n) is 2.40. The summed E-state index contributed by atoms with van der Waals surface area (Å²) in [6.45, 7) is 4.65. The molecule has 1 saturated heterocycles. The maximum absolute atomic E-state index is 13.2. The molecule has 0 aliphatic carbocycles. The topological polar surface area (TPSA) is 23.5 Å². The van der Waals surface area contributed by atoms with Crippen LogP contribution in [0.4, 0.5) is 8.78 Å². The third-order valence-corrected chi connectivity index (χ3v) is 3.22. The van der Waals surface area contributed by atoms with Gasteiger partial charge < -0.3 is 5.11 Å². The van der Waals surface area contributed by atoms with Crippen LogP contribution in [-0.2, 0) is 6.54 Å². The molecule has 0 saturated carbocycles. The van der Waals surface area contributed by atoms with Crippen LogP contribution in [0.2, 0.25) is 0 Å². The number of aromatic hydroxyl groups is 1. The van der Waals surface area contributed by atoms with Crippen LogP contribution < -0.4 is 0 Å². The molecular formula is C13H17F2NO. The summed E-state index contributed by atoms with van der Waals surface area (Å²) in [6.07, 6.45) is 2.35. The zero-order valence-electron chi connectivity index (χ0n) is 9.92. The van der Waals surface area contributed by atoms with Gasteiger partial charge in [-0.1, -0.05) is 6.92 Å². The molecule has 1 unspecified atom stereocenters. The third-order valence-electron chi connectivity index (χ3n) is 3.22. The Morgan fingerprint density at radius 1 is 1.35 bits per heavy atom. The van der Waals surface area contributed by atoms with Crippen LogP contribution in [-0.4, -0.2) is 23.1 Å². The van der Waals surface area contributed by atoms with Gasteiger partial charge in [0.05, 0.1) is 0 Å². The minimum atomic E-state index is -0.888. The lowest BCUT2D eigenvalue weighted by Crippen LogP contribution is -2.33. The van der Waals surface area contributed by atoms with E-state index >= 15 is 0 Å². The third kappa shape index (κ3) is 2.94. The first kappa shape index (κ1) is 12.3. The van der Waals surface area contributed by atoms with E-state index in [0.717, 1.165) is 19.5 Å². The van der Waals surface area contributed by atoms with Crippen molar-refractivity contribution in [2.45, 2.75) is 26.3 Å². The molecule has 0 bridgehead atoms. The van der Waals surface area contributed by atoms with Gasteiger partial charge in [0.1, 0.15) is 0 Å². The first-order valence-corrected chi connectivity index (χ1v) is 5.95. The maximum atomic E-state index is 13.2. The lowest BCUT2D eigenvalue weighted by Gasteiger charge is -2.30. The van der Waals surface area contributed by atoms with Crippen molar-refractivity contribution in [2.75, 3.05) is 13.1 Å². The molecule has 1 aromatic carbocycles. The summed E-state index contributed by atoms with van der Waals surface area (Å²) >= 11 is 0. The number of nitrogens with zero attached hydrogens (tertiary/aromatic N) is 1. The number of piperidine rings is 1. The largest absolute Gasteiger partial charge is 0.503 e. The predicted octanol–water partition coefficient (Wildman–Crippen LogP) is 2.90. The molecule has 0 spiro atoms. The highest BCUT2D eigenvalue weighted by molar-refractivity contribution is 5.30. The van der Waals surface area contributed by atoms with Crippen molar-refractivity contribution in [1.82, 2.24) is 4.90 Å². The van der Waals surface area contributed by atoms with E-state index in [4.69, 9.17) is 5.11 Å². The Kier molecular flexibility index (Phi) is 3.62. The standard InChI is InChI=1S/C13H17F2NO/c1-9-3-2-4-16(7-9)8-10-5-11(14)13(17)12(15)6-10/h5-6,9,17H,2-4,7-8H2,1H3. The van der Waals surface area contributed by atoms with Gasteiger partial charge in [-0.3, -0.25) is 4.90 Å². The Bertz CT molecular complexity index is 385. The summed E-state index contributed by atoms with van der Waals surface area (Å²) < 4.78 is 26.3. The molecule has 1 aromatic rings. The fourth-order valence-corrected chi connectivity index (χ4v) is 2.40. The van der Waals surface area contributed by atoms with E-state index in [0.29, 0.717) is 18.0 Å². The molecule has 4 heteroatoms. The van der Waals surface area contributed by atoms with Crippen LogP contribution in [0.15, 0.2) is 12.1 Å². The van der Waals surface area contributed by atoms with Crippen molar-refractivity contribution in [3.63, 3.8) is 0 Å². The van der Waals surface area contributed by atoms with E-state index in [1.807, 2.05) is 0 Å². The summed E-state index contributed by atoms with van der Waals surface area (Å²) in [5, 5.41) is 9.02. The number of halogens is 2. The summed E-state index contributed by atoms with van der Waals surface area (Å²) in [4.78, 5) is 2.19. The van der Waals surface area contributed by atoms with Gasteiger partial charge in [0, 0.05) is 13.1 Å². The molecule has 1 heterocycles. The molecule has 94 valence electrons. The van der Waals surface area contributed by atoms with Gasteiger partial charge >= 0.3 is 0 Å². The molecule has 1 fully saturated rings. The van der Waals surface area contributed by atoms with E-state index in [1.54, 1.807) is 0 Å². The molecule has 0 aromatic heterocycles. The van der Waals surface area contributed by atoms with Crippen LogP contribution in [0.1, 0.15) is 25.3 Å². The number of likely N-dealkylation sites (tertiary alicyclic amines) is 1. The number of rotatable bonds is 2. The highest BCUT2D eigenvalue weighted by Crippen LogP contribution is 2.23. The molecule has 1 aliphatic heterocycles. The van der Waals surface area contributed by atoms with E-state index in [-0.39, 0.29) is 0 Å². The van der Waals surface area contributed by atoms with E-state index in [9.17, 15) is 8.78 Å². The fraction of sp³-hybridized carbons (Fsp3) is 0.538. The Hall–Kier alpha value is -1.16. The van der Waals surface area contributed by atoms with Crippen molar-refractivity contribution in [3.05, 3.63) is 29.3 Å². The quantitative estimate of drug-likeness (QED) is 0.860. The summed E-state index contributed by atoms with van der Waals surface area (Å²) in [5.41, 5.74) is 0.576. The van der Waals surface area contributed by atoms with Gasteiger partial charge in [-0.15, -0.1) is 0 Å². The van der Waals surface area contributed by atoms with Crippen molar-refractivity contribution in [2.24, 2.45) is 5.92 Å². The Labute approximate surface area is 99.9 Å². The Morgan fingerprint density at radius 3 is 2.59 bits per heavy atom. The number of hydrogen-bond acceptors (Lipinski definition) is 2. The monoisotopic (exact) mass is 241 g/mol. The molecule has 0 radical (unpaired) electrons. The highest BCUT2D eigenvalue weighted by Gasteiger charge is 2.17. The van der Waals surface area contributed by atoms with Crippen molar-refractivity contribution < 1.29 is 13.9 Å². The van der Waals surface area contributed by atoms with Crippen molar-refractivity contribution in [3.8, 4) is 5.75 Å². The molecule has 2 nitrogen and oxygen atoms in total. The molecule has 1 N–H and O–H groups in total. The number of phenolic OH excluding ortho intramolecular Hbond substituents is 1. The van der Waals surface area contributed by atoms with Gasteiger partial charge in [-0.2, -0.15) is 0 Å². The SMILES string of the molecule is CC1CCCN(Cc2cc(F)c(O)c(F)c2)C1. The maximum Gasteiger partial charge on any atom is 0.187 e. The van der Waals surface area contributed by atoms with Crippen molar-refractivity contribution >= 4 is 0 Å². The lowest BCUT2D eigenvalue weighted by molar-refractivity contribution is 0.176. The molecule has 1 atom stereocenters. The Morgan fingerprint density at radius 2 is 2.00 bits per heavy atom. The normalized spacial score (nSPS) is 21.7. The van der Waals surface area contributed by atoms with Gasteiger partial charge in [0.2, 0.25) is 0 Å². The van der Waals surface area contributed by atoms with Crippen LogP contribution in [0, 0.1) is 17.6 Å². The lowest BCUT2D eigenvalue weighted by atomic mass is 10.00. The summed E-state index contributed by atoms with van der Waals surface area (Å²) in [7, 11) is 0. The van der Waals surface area contributed by atoms with E-state index in [2.05, 4.69) is 11.8 Å². The second-order valence-corrected chi connectivity index (χ2v) is 4.89. The van der Waals surface area contributed by atoms with Gasteiger partial charge in [0.15, 0.2) is 17.4 Å². The molecule has 1 aliphatic rings. The van der Waals surface area contributed by atoms with Crippen LogP contribution in [0.3, 0.4) is 0 Å². The predicted molar refractivity (Wildman–Crippen MR) is 61.7 cm³/mol. The van der Waals surface area contributed by atoms with Gasteiger partial charge in [-0.25, -0.2) is 8.78 Å². The second-order valence-electron chi connectivity index (χ2n) is 4.89. The molecular weight excluding hydrogens is 224 g/mol. The summed E-state index contributed by atoms with van der Waals surface area (Å²) in [6, 6.07) is 2.41. The van der Waals surface area contributed by atoms with Crippen LogP contribution >= 0.6 is 0 Å². The number of benzene rings is 1. The zero-order valence-corrected chi connectivity index (χ0v) is 9.92. The molecule has 17 heavy (non-hydrogen) atoms. The first-order chi connectivity index (χ1) is 8.06. The van der Waals surface area contributed by atoms with Gasteiger partial charge in [-0.05, 0) is 43.0 Å². The summed E-state index contributed by atoms with van der Waals surface area (Å²) in [5.74, 6) is -2.02. The van der Waals surface area contributed by atoms with Crippen LogP contribution in [0.5, 0.6) is 5.75 Å². The van der Waals surface area contributed by atoms with E-state index in [1.165, 1.54) is 18.6 Å². The van der Waals surface area contributed by atoms with Crippen LogP contribution in [0.25, 0.3) is 0 Å². The average molecular weight is 241 g/mol. The Balaban J connectivity index is 2.08.